The molecule has 10 nitrogen and oxygen atoms in total. The SMILES string of the molecule is C#C[C@]1(COC(=O)OCc2cccnc2)O[C@@H](n2ccc3c(N)nc(Cl)nc32)C[C@@H]1CC(=O)CCCc1ccccc1. The van der Waals surface area contributed by atoms with E-state index in [1.54, 1.807) is 41.4 Å². The molecule has 1 fully saturated rings. The molecule has 0 amide bonds. The molecule has 42 heavy (non-hydrogen) atoms. The summed E-state index contributed by atoms with van der Waals surface area (Å²) in [6, 6.07) is 15.3. The predicted molar refractivity (Wildman–Crippen MR) is 156 cm³/mol. The van der Waals surface area contributed by atoms with Crippen LogP contribution in [0.3, 0.4) is 0 Å². The normalized spacial score (nSPS) is 19.8. The summed E-state index contributed by atoms with van der Waals surface area (Å²) in [6.45, 7) is -0.315. The largest absolute Gasteiger partial charge is 0.508 e. The highest BCUT2D eigenvalue weighted by molar-refractivity contribution is 6.28. The van der Waals surface area contributed by atoms with Gasteiger partial charge in [-0.25, -0.2) is 9.78 Å². The number of nitrogen functional groups attached to an aromatic ring is 1. The van der Waals surface area contributed by atoms with Gasteiger partial charge in [0.15, 0.2) is 5.60 Å². The fourth-order valence-electron chi connectivity index (χ4n) is 5.19. The van der Waals surface area contributed by atoms with Gasteiger partial charge in [0, 0.05) is 42.9 Å². The van der Waals surface area contributed by atoms with E-state index in [4.69, 9.17) is 38.0 Å². The Morgan fingerprint density at radius 2 is 1.95 bits per heavy atom. The Balaban J connectivity index is 1.31. The summed E-state index contributed by atoms with van der Waals surface area (Å²) in [5.74, 6) is 2.52. The van der Waals surface area contributed by atoms with Crippen molar-refractivity contribution in [1.82, 2.24) is 19.5 Å². The summed E-state index contributed by atoms with van der Waals surface area (Å²) >= 11 is 6.08. The van der Waals surface area contributed by atoms with E-state index in [2.05, 4.69) is 20.9 Å². The van der Waals surface area contributed by atoms with Crippen LogP contribution in [0.25, 0.3) is 11.0 Å². The predicted octanol–water partition coefficient (Wildman–Crippen LogP) is 5.30. The number of ether oxygens (including phenoxy) is 3. The van der Waals surface area contributed by atoms with Gasteiger partial charge in [0.05, 0.1) is 5.39 Å². The monoisotopic (exact) mass is 587 g/mol. The van der Waals surface area contributed by atoms with E-state index in [0.29, 0.717) is 35.9 Å². The number of nitrogens with two attached hydrogens (primary N) is 1. The number of fused-ring (bicyclic) bond motifs is 1. The molecular formula is C31H30ClN5O5. The molecule has 2 N–H and O–H groups in total. The Kier molecular flexibility index (Phi) is 9.00. The number of hydrogen-bond donors (Lipinski definition) is 1. The highest BCUT2D eigenvalue weighted by Gasteiger charge is 2.50. The van der Waals surface area contributed by atoms with Crippen LogP contribution in [0.4, 0.5) is 10.6 Å². The number of anilines is 1. The minimum Gasteiger partial charge on any atom is -0.430 e. The van der Waals surface area contributed by atoms with Crippen LogP contribution in [-0.4, -0.2) is 43.7 Å². The third-order valence-electron chi connectivity index (χ3n) is 7.34. The van der Waals surface area contributed by atoms with Crippen molar-refractivity contribution in [2.24, 2.45) is 5.92 Å². The molecule has 0 saturated carbocycles. The molecule has 0 unspecified atom stereocenters. The van der Waals surface area contributed by atoms with Crippen LogP contribution in [0.1, 0.15) is 43.0 Å². The lowest BCUT2D eigenvalue weighted by Gasteiger charge is -2.28. The molecule has 0 spiro atoms. The lowest BCUT2D eigenvalue weighted by molar-refractivity contribution is -0.122. The number of terminal acetylenes is 1. The van der Waals surface area contributed by atoms with E-state index in [9.17, 15) is 9.59 Å². The maximum atomic E-state index is 13.2. The first-order chi connectivity index (χ1) is 20.4. The molecule has 3 aromatic heterocycles. The highest BCUT2D eigenvalue weighted by Crippen LogP contribution is 2.45. The lowest BCUT2D eigenvalue weighted by Crippen LogP contribution is -2.41. The van der Waals surface area contributed by atoms with Crippen LogP contribution in [0.2, 0.25) is 5.28 Å². The number of ketones is 1. The summed E-state index contributed by atoms with van der Waals surface area (Å²) in [4.78, 5) is 38.0. The number of Topliss-reactive ketones (excluding diaryl/α,β-unsaturated/α-hetero) is 1. The maximum absolute atomic E-state index is 13.2. The zero-order chi connectivity index (χ0) is 29.5. The van der Waals surface area contributed by atoms with Crippen molar-refractivity contribution < 1.29 is 23.8 Å². The van der Waals surface area contributed by atoms with Crippen LogP contribution >= 0.6 is 11.6 Å². The zero-order valence-electron chi connectivity index (χ0n) is 22.8. The van der Waals surface area contributed by atoms with Gasteiger partial charge in [-0.3, -0.25) is 9.78 Å². The molecule has 216 valence electrons. The number of aryl methyl sites for hydroxylation is 1. The van der Waals surface area contributed by atoms with Crippen LogP contribution in [-0.2, 0) is 32.0 Å². The number of carbonyl (C=O) groups excluding carboxylic acids is 2. The van der Waals surface area contributed by atoms with Crippen molar-refractivity contribution in [3.8, 4) is 12.3 Å². The number of benzene rings is 1. The van der Waals surface area contributed by atoms with Crippen molar-refractivity contribution in [1.29, 1.82) is 0 Å². The quantitative estimate of drug-likeness (QED) is 0.141. The van der Waals surface area contributed by atoms with Crippen LogP contribution < -0.4 is 5.73 Å². The second kappa shape index (κ2) is 13.0. The third-order valence-corrected chi connectivity index (χ3v) is 7.51. The average Bonchev–Trinajstić information content (AvgIpc) is 3.58. The summed E-state index contributed by atoms with van der Waals surface area (Å²) in [7, 11) is 0. The number of halogens is 1. The number of rotatable bonds is 11. The fourth-order valence-corrected chi connectivity index (χ4v) is 5.36. The van der Waals surface area contributed by atoms with E-state index in [1.807, 2.05) is 30.3 Å². The van der Waals surface area contributed by atoms with Crippen molar-refractivity contribution in [3.63, 3.8) is 0 Å². The van der Waals surface area contributed by atoms with Crippen LogP contribution in [0.15, 0.2) is 67.1 Å². The first-order valence-electron chi connectivity index (χ1n) is 13.6. The van der Waals surface area contributed by atoms with E-state index < -0.39 is 23.9 Å². The van der Waals surface area contributed by atoms with E-state index in [-0.39, 0.29) is 36.5 Å². The Hall–Kier alpha value is -4.46. The van der Waals surface area contributed by atoms with Gasteiger partial charge >= 0.3 is 6.16 Å². The van der Waals surface area contributed by atoms with Crippen molar-refractivity contribution in [2.75, 3.05) is 12.3 Å². The highest BCUT2D eigenvalue weighted by atomic mass is 35.5. The first-order valence-corrected chi connectivity index (χ1v) is 13.9. The Morgan fingerprint density at radius 3 is 2.71 bits per heavy atom. The Morgan fingerprint density at radius 1 is 1.14 bits per heavy atom. The minimum atomic E-state index is -1.38. The molecule has 1 aliphatic heterocycles. The molecule has 5 rings (SSSR count). The van der Waals surface area contributed by atoms with Crippen molar-refractivity contribution >= 4 is 40.4 Å². The van der Waals surface area contributed by atoms with Gasteiger partial charge in [0.1, 0.15) is 36.7 Å². The number of nitrogens with zero attached hydrogens (tertiary/aromatic N) is 4. The Labute approximate surface area is 248 Å². The first kappa shape index (κ1) is 29.0. The number of hydrogen-bond acceptors (Lipinski definition) is 9. The Bertz CT molecular complexity index is 1590. The third kappa shape index (κ3) is 6.70. The van der Waals surface area contributed by atoms with Crippen LogP contribution in [0.5, 0.6) is 0 Å². The molecular weight excluding hydrogens is 558 g/mol. The summed E-state index contributed by atoms with van der Waals surface area (Å²) in [6.07, 6.45) is 11.9. The standard InChI is InChI=1S/C31H30ClN5O5/c1-2-31(20-41-30(39)40-19-22-11-7-14-34-18-22)23(16-24(38)12-6-10-21-8-4-3-5-9-21)17-26(42-31)37-15-13-25-27(33)35-29(32)36-28(25)37/h1,3-5,7-9,11,13-15,18,23,26H,6,10,12,16-17,19-20H2,(H2,33,35,36)/t23-,26+,31+/m0/s1. The number of carbonyl (C=O) groups is 2. The molecule has 1 aromatic carbocycles. The maximum Gasteiger partial charge on any atom is 0.508 e. The molecule has 4 heterocycles. The summed E-state index contributed by atoms with van der Waals surface area (Å²) in [5, 5.41) is 0.593. The van der Waals surface area contributed by atoms with Gasteiger partial charge in [-0.15, -0.1) is 6.42 Å². The minimum absolute atomic E-state index is 0.00833. The zero-order valence-corrected chi connectivity index (χ0v) is 23.6. The number of aromatic nitrogens is 4. The van der Waals surface area contributed by atoms with Gasteiger partial charge in [-0.2, -0.15) is 4.98 Å². The smallest absolute Gasteiger partial charge is 0.430 e. The molecule has 3 atom stereocenters. The fraction of sp³-hybridized carbons (Fsp3) is 0.323. The molecule has 0 bridgehead atoms. The average molecular weight is 588 g/mol. The van der Waals surface area contributed by atoms with Gasteiger partial charge in [-0.1, -0.05) is 42.3 Å². The topological polar surface area (TPSA) is 131 Å². The van der Waals surface area contributed by atoms with Crippen molar-refractivity contribution in [3.05, 3.63) is 83.5 Å². The van der Waals surface area contributed by atoms with Gasteiger partial charge < -0.3 is 24.5 Å². The lowest BCUT2D eigenvalue weighted by atomic mass is 9.83. The molecule has 0 aliphatic carbocycles. The molecule has 4 aromatic rings. The molecule has 11 heteroatoms. The van der Waals surface area contributed by atoms with E-state index >= 15 is 0 Å². The van der Waals surface area contributed by atoms with E-state index in [0.717, 1.165) is 6.42 Å². The van der Waals surface area contributed by atoms with E-state index in [1.165, 1.54) is 5.56 Å². The second-order valence-corrected chi connectivity index (χ2v) is 10.5. The summed E-state index contributed by atoms with van der Waals surface area (Å²) in [5.41, 5.74) is 7.00. The van der Waals surface area contributed by atoms with Gasteiger partial charge in [0.25, 0.3) is 0 Å². The van der Waals surface area contributed by atoms with Crippen molar-refractivity contribution in [2.45, 2.75) is 50.5 Å². The van der Waals surface area contributed by atoms with Gasteiger partial charge in [-0.05, 0) is 48.6 Å². The molecule has 1 aliphatic rings. The molecule has 1 saturated heterocycles. The second-order valence-electron chi connectivity index (χ2n) is 10.1. The molecule has 0 radical (unpaired) electrons. The summed E-state index contributed by atoms with van der Waals surface area (Å²) < 4.78 is 18.9. The van der Waals surface area contributed by atoms with Crippen LogP contribution in [0, 0.1) is 18.3 Å². The van der Waals surface area contributed by atoms with Gasteiger partial charge in [0.2, 0.25) is 5.28 Å². The number of pyridine rings is 1.